The lowest BCUT2D eigenvalue weighted by Gasteiger charge is -2.28. The summed E-state index contributed by atoms with van der Waals surface area (Å²) in [4.78, 5) is 2.25. The fourth-order valence-corrected chi connectivity index (χ4v) is 2.57. The van der Waals surface area contributed by atoms with Crippen molar-refractivity contribution in [2.75, 3.05) is 26.0 Å². The van der Waals surface area contributed by atoms with Crippen molar-refractivity contribution in [2.45, 2.75) is 25.3 Å². The molecule has 0 bridgehead atoms. The van der Waals surface area contributed by atoms with Gasteiger partial charge in [-0.25, -0.2) is 0 Å². The SMILES string of the molecule is CN(C)CCC1CCc2cc(Br)ccc2N1. The van der Waals surface area contributed by atoms with E-state index in [-0.39, 0.29) is 0 Å². The Balaban J connectivity index is 1.98. The monoisotopic (exact) mass is 282 g/mol. The van der Waals surface area contributed by atoms with Crippen LogP contribution in [-0.2, 0) is 6.42 Å². The van der Waals surface area contributed by atoms with Gasteiger partial charge in [0.05, 0.1) is 0 Å². The summed E-state index contributed by atoms with van der Waals surface area (Å²) in [6.45, 7) is 1.16. The zero-order chi connectivity index (χ0) is 11.5. The van der Waals surface area contributed by atoms with Crippen molar-refractivity contribution >= 4 is 21.6 Å². The number of benzene rings is 1. The van der Waals surface area contributed by atoms with Crippen LogP contribution in [0.2, 0.25) is 0 Å². The fraction of sp³-hybridized carbons (Fsp3) is 0.538. The molecule has 88 valence electrons. The number of hydrogen-bond acceptors (Lipinski definition) is 2. The molecule has 3 heteroatoms. The van der Waals surface area contributed by atoms with Crippen LogP contribution in [0.15, 0.2) is 22.7 Å². The van der Waals surface area contributed by atoms with Crippen LogP contribution in [0.25, 0.3) is 0 Å². The van der Waals surface area contributed by atoms with Crippen molar-refractivity contribution in [3.8, 4) is 0 Å². The molecule has 2 rings (SSSR count). The Morgan fingerprint density at radius 3 is 3.00 bits per heavy atom. The summed E-state index contributed by atoms with van der Waals surface area (Å²) in [6.07, 6.45) is 3.67. The van der Waals surface area contributed by atoms with E-state index in [4.69, 9.17) is 0 Å². The highest BCUT2D eigenvalue weighted by atomic mass is 79.9. The summed E-state index contributed by atoms with van der Waals surface area (Å²) in [6, 6.07) is 7.15. The third-order valence-corrected chi connectivity index (χ3v) is 3.61. The summed E-state index contributed by atoms with van der Waals surface area (Å²) in [5.41, 5.74) is 2.76. The first-order valence-electron chi connectivity index (χ1n) is 5.85. The van der Waals surface area contributed by atoms with Gasteiger partial charge in [-0.2, -0.15) is 0 Å². The van der Waals surface area contributed by atoms with E-state index in [9.17, 15) is 0 Å². The van der Waals surface area contributed by atoms with Crippen LogP contribution < -0.4 is 5.32 Å². The number of fused-ring (bicyclic) bond motifs is 1. The summed E-state index contributed by atoms with van der Waals surface area (Å²) in [7, 11) is 4.27. The minimum Gasteiger partial charge on any atom is -0.382 e. The molecule has 1 N–H and O–H groups in total. The minimum absolute atomic E-state index is 0.635. The smallest absolute Gasteiger partial charge is 0.0375 e. The van der Waals surface area contributed by atoms with Gasteiger partial charge in [0, 0.05) is 16.2 Å². The Labute approximate surface area is 106 Å². The third kappa shape index (κ3) is 2.98. The molecule has 0 fully saturated rings. The van der Waals surface area contributed by atoms with E-state index in [1.807, 2.05) is 0 Å². The second kappa shape index (κ2) is 5.19. The predicted octanol–water partition coefficient (Wildman–Crippen LogP) is 3.13. The van der Waals surface area contributed by atoms with Crippen molar-refractivity contribution in [3.05, 3.63) is 28.2 Å². The van der Waals surface area contributed by atoms with Crippen LogP contribution >= 0.6 is 15.9 Å². The average molecular weight is 283 g/mol. The molecule has 2 nitrogen and oxygen atoms in total. The highest BCUT2D eigenvalue weighted by Crippen LogP contribution is 2.28. The van der Waals surface area contributed by atoms with Crippen molar-refractivity contribution in [3.63, 3.8) is 0 Å². The number of aryl methyl sites for hydroxylation is 1. The van der Waals surface area contributed by atoms with Gasteiger partial charge in [-0.15, -0.1) is 0 Å². The Morgan fingerprint density at radius 2 is 2.25 bits per heavy atom. The number of hydrogen-bond donors (Lipinski definition) is 1. The molecule has 1 atom stereocenters. The summed E-state index contributed by atoms with van der Waals surface area (Å²) >= 11 is 3.52. The van der Waals surface area contributed by atoms with Crippen LogP contribution in [0.4, 0.5) is 5.69 Å². The Hall–Kier alpha value is -0.540. The molecule has 0 aliphatic carbocycles. The molecule has 1 aliphatic rings. The topological polar surface area (TPSA) is 15.3 Å². The summed E-state index contributed by atoms with van der Waals surface area (Å²) in [5.74, 6) is 0. The van der Waals surface area contributed by atoms with Gasteiger partial charge in [-0.05, 0) is 63.7 Å². The first-order chi connectivity index (χ1) is 7.65. The first kappa shape index (κ1) is 11.9. The molecule has 16 heavy (non-hydrogen) atoms. The van der Waals surface area contributed by atoms with E-state index in [1.165, 1.54) is 35.0 Å². The molecule has 0 saturated carbocycles. The summed E-state index contributed by atoms with van der Waals surface area (Å²) in [5, 5.41) is 3.63. The van der Waals surface area contributed by atoms with Gasteiger partial charge in [-0.3, -0.25) is 0 Å². The van der Waals surface area contributed by atoms with Gasteiger partial charge in [0.15, 0.2) is 0 Å². The van der Waals surface area contributed by atoms with Crippen molar-refractivity contribution in [1.29, 1.82) is 0 Å². The minimum atomic E-state index is 0.635. The molecule has 1 aromatic carbocycles. The Kier molecular flexibility index (Phi) is 3.87. The van der Waals surface area contributed by atoms with Gasteiger partial charge in [0.1, 0.15) is 0 Å². The van der Waals surface area contributed by atoms with Gasteiger partial charge in [0.2, 0.25) is 0 Å². The standard InChI is InChI=1S/C13H19BrN2/c1-16(2)8-7-12-5-3-10-9-11(14)4-6-13(10)15-12/h4,6,9,12,15H,3,5,7-8H2,1-2H3. The lowest BCUT2D eigenvalue weighted by atomic mass is 9.96. The highest BCUT2D eigenvalue weighted by Gasteiger charge is 2.17. The summed E-state index contributed by atoms with van der Waals surface area (Å²) < 4.78 is 1.18. The maximum Gasteiger partial charge on any atom is 0.0375 e. The number of nitrogens with one attached hydrogen (secondary N) is 1. The molecule has 0 saturated heterocycles. The van der Waals surface area contributed by atoms with E-state index in [2.05, 4.69) is 58.4 Å². The zero-order valence-corrected chi connectivity index (χ0v) is 11.5. The van der Waals surface area contributed by atoms with E-state index in [1.54, 1.807) is 0 Å². The normalized spacial score (nSPS) is 19.4. The van der Waals surface area contributed by atoms with Crippen LogP contribution in [0, 0.1) is 0 Å². The quantitative estimate of drug-likeness (QED) is 0.917. The van der Waals surface area contributed by atoms with E-state index in [0.29, 0.717) is 6.04 Å². The Bertz CT molecular complexity index is 363. The van der Waals surface area contributed by atoms with Gasteiger partial charge in [-0.1, -0.05) is 15.9 Å². The second-order valence-electron chi connectivity index (χ2n) is 4.77. The van der Waals surface area contributed by atoms with Crippen LogP contribution in [0.5, 0.6) is 0 Å². The molecule has 1 aliphatic heterocycles. The van der Waals surface area contributed by atoms with Crippen molar-refractivity contribution < 1.29 is 0 Å². The van der Waals surface area contributed by atoms with Crippen molar-refractivity contribution in [2.24, 2.45) is 0 Å². The molecule has 0 radical (unpaired) electrons. The van der Waals surface area contributed by atoms with Gasteiger partial charge >= 0.3 is 0 Å². The van der Waals surface area contributed by atoms with E-state index in [0.717, 1.165) is 6.54 Å². The Morgan fingerprint density at radius 1 is 1.44 bits per heavy atom. The van der Waals surface area contributed by atoms with Gasteiger partial charge < -0.3 is 10.2 Å². The van der Waals surface area contributed by atoms with Crippen molar-refractivity contribution in [1.82, 2.24) is 4.90 Å². The zero-order valence-electron chi connectivity index (χ0n) is 9.96. The number of anilines is 1. The first-order valence-corrected chi connectivity index (χ1v) is 6.64. The fourth-order valence-electron chi connectivity index (χ4n) is 2.16. The molecule has 0 amide bonds. The molecular weight excluding hydrogens is 264 g/mol. The molecule has 0 aromatic heterocycles. The number of rotatable bonds is 3. The third-order valence-electron chi connectivity index (χ3n) is 3.11. The van der Waals surface area contributed by atoms with Crippen LogP contribution in [0.3, 0.4) is 0 Å². The van der Waals surface area contributed by atoms with Gasteiger partial charge in [0.25, 0.3) is 0 Å². The lowest BCUT2D eigenvalue weighted by Crippen LogP contribution is -2.29. The number of nitrogens with zero attached hydrogens (tertiary/aromatic N) is 1. The molecule has 0 spiro atoms. The lowest BCUT2D eigenvalue weighted by molar-refractivity contribution is 0.379. The maximum atomic E-state index is 3.63. The average Bonchev–Trinajstić information content (AvgIpc) is 2.26. The largest absolute Gasteiger partial charge is 0.382 e. The molecule has 1 aromatic rings. The number of halogens is 1. The molecule has 1 unspecified atom stereocenters. The molecular formula is C13H19BrN2. The van der Waals surface area contributed by atoms with E-state index >= 15 is 0 Å². The van der Waals surface area contributed by atoms with Crippen LogP contribution in [-0.4, -0.2) is 31.6 Å². The van der Waals surface area contributed by atoms with E-state index < -0.39 is 0 Å². The second-order valence-corrected chi connectivity index (χ2v) is 5.69. The maximum absolute atomic E-state index is 3.63. The van der Waals surface area contributed by atoms with Crippen LogP contribution in [0.1, 0.15) is 18.4 Å². The molecule has 1 heterocycles. The highest BCUT2D eigenvalue weighted by molar-refractivity contribution is 9.10. The predicted molar refractivity (Wildman–Crippen MR) is 73.0 cm³/mol.